The highest BCUT2D eigenvalue weighted by atomic mass is 127. The van der Waals surface area contributed by atoms with Gasteiger partial charge in [0.2, 0.25) is 0 Å². The molecular weight excluding hydrogens is 326 g/mol. The summed E-state index contributed by atoms with van der Waals surface area (Å²) in [7, 11) is 0. The van der Waals surface area contributed by atoms with E-state index in [0.717, 1.165) is 3.57 Å². The Morgan fingerprint density at radius 1 is 1.23 bits per heavy atom. The lowest BCUT2D eigenvalue weighted by atomic mass is 10.8. The first kappa shape index (κ1) is 10.8. The average Bonchev–Trinajstić information content (AvgIpc) is 2.67. The van der Waals surface area contributed by atoms with Gasteiger partial charge in [0.25, 0.3) is 0 Å². The second-order valence-corrected chi connectivity index (χ2v) is 3.88. The summed E-state index contributed by atoms with van der Waals surface area (Å²) in [5.41, 5.74) is 0. The molecule has 0 aromatic carbocycles. The average molecular weight is 331 g/mol. The molecule has 0 fully saturated rings. The minimum atomic E-state index is 0.579. The standard InChI is InChI=1S/C3H2ClIN2.C3H3ClN2/c4-3-2(5)1-6-7-3;4-3-1-2-5-6-3/h1H,(H,6,7);1-2H,(H,5,6). The number of aromatic nitrogens is 4. The van der Waals surface area contributed by atoms with Crippen LogP contribution in [0, 0.1) is 3.57 Å². The Kier molecular flexibility index (Phi) is 4.54. The zero-order valence-corrected chi connectivity index (χ0v) is 9.93. The van der Waals surface area contributed by atoms with Gasteiger partial charge in [0.1, 0.15) is 10.3 Å². The fourth-order valence-electron chi connectivity index (χ4n) is 0.495. The summed E-state index contributed by atoms with van der Waals surface area (Å²) >= 11 is 12.9. The summed E-state index contributed by atoms with van der Waals surface area (Å²) in [4.78, 5) is 0. The summed E-state index contributed by atoms with van der Waals surface area (Å²) < 4.78 is 0.958. The third-order valence-electron chi connectivity index (χ3n) is 1.02. The van der Waals surface area contributed by atoms with Crippen molar-refractivity contribution in [3.05, 3.63) is 32.3 Å². The molecule has 0 aliphatic carbocycles. The zero-order chi connectivity index (χ0) is 9.68. The monoisotopic (exact) mass is 330 g/mol. The van der Waals surface area contributed by atoms with Gasteiger partial charge in [0.15, 0.2) is 0 Å². The van der Waals surface area contributed by atoms with Gasteiger partial charge in [-0.25, -0.2) is 0 Å². The first-order valence-electron chi connectivity index (χ1n) is 3.19. The van der Waals surface area contributed by atoms with E-state index in [-0.39, 0.29) is 0 Å². The van der Waals surface area contributed by atoms with E-state index < -0.39 is 0 Å². The smallest absolute Gasteiger partial charge is 0.137 e. The maximum Gasteiger partial charge on any atom is 0.137 e. The van der Waals surface area contributed by atoms with Crippen molar-refractivity contribution in [3.8, 4) is 0 Å². The molecule has 0 saturated carbocycles. The molecule has 0 atom stereocenters. The van der Waals surface area contributed by atoms with Crippen LogP contribution in [0.3, 0.4) is 0 Å². The predicted octanol–water partition coefficient (Wildman–Crippen LogP) is 2.73. The number of nitrogens with one attached hydrogen (secondary N) is 2. The van der Waals surface area contributed by atoms with Crippen LogP contribution in [-0.2, 0) is 0 Å². The Hall–Kier alpha value is -0.270. The molecule has 2 rings (SSSR count). The van der Waals surface area contributed by atoms with E-state index in [9.17, 15) is 0 Å². The maximum absolute atomic E-state index is 5.50. The molecule has 0 aliphatic heterocycles. The van der Waals surface area contributed by atoms with Crippen LogP contribution < -0.4 is 0 Å². The van der Waals surface area contributed by atoms with Crippen molar-refractivity contribution in [1.29, 1.82) is 0 Å². The lowest BCUT2D eigenvalue weighted by Crippen LogP contribution is -1.61. The van der Waals surface area contributed by atoms with Crippen LogP contribution in [-0.4, -0.2) is 20.4 Å². The first-order chi connectivity index (χ1) is 6.20. The van der Waals surface area contributed by atoms with Crippen LogP contribution >= 0.6 is 45.8 Å². The molecule has 0 saturated heterocycles. The highest BCUT2D eigenvalue weighted by molar-refractivity contribution is 14.1. The maximum atomic E-state index is 5.50. The minimum absolute atomic E-state index is 0.579. The normalized spacial score (nSPS) is 9.15. The van der Waals surface area contributed by atoms with Crippen molar-refractivity contribution in [2.45, 2.75) is 0 Å². The summed E-state index contributed by atoms with van der Waals surface area (Å²) in [6.07, 6.45) is 3.27. The van der Waals surface area contributed by atoms with Gasteiger partial charge < -0.3 is 0 Å². The molecule has 2 aromatic rings. The summed E-state index contributed by atoms with van der Waals surface area (Å²) in [6.45, 7) is 0. The lowest BCUT2D eigenvalue weighted by Gasteiger charge is -1.73. The van der Waals surface area contributed by atoms with E-state index in [4.69, 9.17) is 23.2 Å². The van der Waals surface area contributed by atoms with Crippen LogP contribution in [0.15, 0.2) is 18.5 Å². The lowest BCUT2D eigenvalue weighted by molar-refractivity contribution is 1.09. The van der Waals surface area contributed by atoms with Crippen LogP contribution in [0.25, 0.3) is 0 Å². The molecule has 2 aromatic heterocycles. The van der Waals surface area contributed by atoms with E-state index in [1.54, 1.807) is 18.5 Å². The first-order valence-corrected chi connectivity index (χ1v) is 5.03. The SMILES string of the molecule is Clc1[nH]ncc1I.Clc1ccn[nH]1. The van der Waals surface area contributed by atoms with Gasteiger partial charge in [-0.2, -0.15) is 10.2 Å². The van der Waals surface area contributed by atoms with Crippen molar-refractivity contribution < 1.29 is 0 Å². The van der Waals surface area contributed by atoms with Crippen molar-refractivity contribution in [2.24, 2.45) is 0 Å². The quantitative estimate of drug-likeness (QED) is 0.730. The fraction of sp³-hybridized carbons (Fsp3) is 0. The molecule has 7 heteroatoms. The Morgan fingerprint density at radius 3 is 2.15 bits per heavy atom. The molecule has 70 valence electrons. The second-order valence-electron chi connectivity index (χ2n) is 1.94. The number of hydrogen-bond donors (Lipinski definition) is 2. The third-order valence-corrected chi connectivity index (χ3v) is 2.65. The third kappa shape index (κ3) is 3.97. The van der Waals surface area contributed by atoms with Gasteiger partial charge in [-0.05, 0) is 28.7 Å². The highest BCUT2D eigenvalue weighted by Gasteiger charge is 1.92. The highest BCUT2D eigenvalue weighted by Crippen LogP contribution is 2.11. The molecule has 0 spiro atoms. The van der Waals surface area contributed by atoms with Crippen molar-refractivity contribution >= 4 is 45.8 Å². The Balaban J connectivity index is 0.000000132. The molecular formula is C6H5Cl2IN4. The van der Waals surface area contributed by atoms with Crippen molar-refractivity contribution in [1.82, 2.24) is 20.4 Å². The number of H-pyrrole nitrogens is 2. The fourth-order valence-corrected chi connectivity index (χ4v) is 0.957. The molecule has 0 aliphatic rings. The molecule has 13 heavy (non-hydrogen) atoms. The van der Waals surface area contributed by atoms with Gasteiger partial charge in [-0.1, -0.05) is 23.2 Å². The summed E-state index contributed by atoms with van der Waals surface area (Å²) in [5, 5.41) is 13.5. The number of aromatic amines is 2. The van der Waals surface area contributed by atoms with Gasteiger partial charge >= 0.3 is 0 Å². The van der Waals surface area contributed by atoms with Crippen LogP contribution in [0.4, 0.5) is 0 Å². The van der Waals surface area contributed by atoms with E-state index in [1.807, 2.05) is 0 Å². The minimum Gasteiger partial charge on any atom is -0.267 e. The van der Waals surface area contributed by atoms with Crippen LogP contribution in [0.1, 0.15) is 0 Å². The number of rotatable bonds is 0. The van der Waals surface area contributed by atoms with Crippen molar-refractivity contribution in [2.75, 3.05) is 0 Å². The van der Waals surface area contributed by atoms with Crippen LogP contribution in [0.2, 0.25) is 10.3 Å². The van der Waals surface area contributed by atoms with Crippen molar-refractivity contribution in [3.63, 3.8) is 0 Å². The molecule has 0 radical (unpaired) electrons. The predicted molar refractivity (Wildman–Crippen MR) is 59.9 cm³/mol. The summed E-state index contributed by atoms with van der Waals surface area (Å²) in [5.74, 6) is 0. The van der Waals surface area contributed by atoms with Gasteiger partial charge in [0.05, 0.1) is 16.0 Å². The number of hydrogen-bond acceptors (Lipinski definition) is 2. The Morgan fingerprint density at radius 2 is 2.00 bits per heavy atom. The Labute approximate surface area is 98.2 Å². The molecule has 2 heterocycles. The topological polar surface area (TPSA) is 57.4 Å². The Bertz CT molecular complexity index is 329. The molecule has 0 bridgehead atoms. The van der Waals surface area contributed by atoms with E-state index >= 15 is 0 Å². The molecule has 2 N–H and O–H groups in total. The van der Waals surface area contributed by atoms with E-state index in [2.05, 4.69) is 43.0 Å². The largest absolute Gasteiger partial charge is 0.267 e. The van der Waals surface area contributed by atoms with Gasteiger partial charge in [0, 0.05) is 0 Å². The molecule has 0 unspecified atom stereocenters. The van der Waals surface area contributed by atoms with Gasteiger partial charge in [-0.3, -0.25) is 10.2 Å². The summed E-state index contributed by atoms with van der Waals surface area (Å²) in [6, 6.07) is 1.68. The number of nitrogens with zero attached hydrogens (tertiary/aromatic N) is 2. The van der Waals surface area contributed by atoms with Crippen LogP contribution in [0.5, 0.6) is 0 Å². The van der Waals surface area contributed by atoms with E-state index in [0.29, 0.717) is 10.3 Å². The second kappa shape index (κ2) is 5.46. The molecule has 4 nitrogen and oxygen atoms in total. The zero-order valence-electron chi connectivity index (χ0n) is 6.26. The van der Waals surface area contributed by atoms with Gasteiger partial charge in [-0.15, -0.1) is 0 Å². The van der Waals surface area contributed by atoms with E-state index in [1.165, 1.54) is 0 Å². The number of halogens is 3. The molecule has 0 amide bonds.